The monoisotopic (exact) mass is 408 g/mol. The largest absolute Gasteiger partial charge is 0.497 e. The Balaban J connectivity index is 0.00000288. The van der Waals surface area contributed by atoms with Gasteiger partial charge in [0.15, 0.2) is 6.54 Å². The van der Waals surface area contributed by atoms with Gasteiger partial charge < -0.3 is 14.5 Å². The first kappa shape index (κ1) is 21.6. The van der Waals surface area contributed by atoms with Crippen LogP contribution >= 0.6 is 0 Å². The third kappa shape index (κ3) is 5.54. The number of likely N-dealkylation sites (N-methyl/N-ethyl adjacent to an activating group) is 1. The number of benzene rings is 1. The Labute approximate surface area is 171 Å². The Morgan fingerprint density at radius 3 is 2.12 bits per heavy atom. The van der Waals surface area contributed by atoms with Gasteiger partial charge in [0, 0.05) is 38.4 Å². The zero-order chi connectivity index (χ0) is 16.9. The molecule has 1 saturated heterocycles. The molecule has 131 valence electrons. The number of nitrogens with zero attached hydrogens (tertiary/aromatic N) is 1. The number of ether oxygens (including phenoxy) is 1. The zero-order valence-electron chi connectivity index (χ0n) is 15.7. The van der Waals surface area contributed by atoms with E-state index in [4.69, 9.17) is 4.74 Å². The van der Waals surface area contributed by atoms with Crippen LogP contribution in [-0.4, -0.2) is 43.7 Å². The molecule has 1 aromatic rings. The second-order valence-corrected chi connectivity index (χ2v) is 6.86. The minimum atomic E-state index is 0. The summed E-state index contributed by atoms with van der Waals surface area (Å²) in [4.78, 5) is 12.7. The summed E-state index contributed by atoms with van der Waals surface area (Å²) in [5.74, 6) is 0.965. The first-order valence-corrected chi connectivity index (χ1v) is 8.80. The van der Waals surface area contributed by atoms with Crippen molar-refractivity contribution >= 4 is 11.6 Å². The van der Waals surface area contributed by atoms with E-state index in [2.05, 4.69) is 12.2 Å². The third-order valence-electron chi connectivity index (χ3n) is 5.17. The molecule has 24 heavy (non-hydrogen) atoms. The fourth-order valence-electron chi connectivity index (χ4n) is 3.67. The number of likely N-dealkylation sites (tertiary alicyclic amines) is 1. The molecule has 0 saturated carbocycles. The first-order valence-electron chi connectivity index (χ1n) is 8.80. The molecule has 0 aliphatic carbocycles. The van der Waals surface area contributed by atoms with E-state index < -0.39 is 0 Å². The zero-order valence-corrected chi connectivity index (χ0v) is 18.5. The van der Waals surface area contributed by atoms with Crippen molar-refractivity contribution in [3.05, 3.63) is 23.3 Å². The molecule has 0 aromatic heterocycles. The second-order valence-electron chi connectivity index (χ2n) is 6.86. The Morgan fingerprint density at radius 2 is 1.67 bits per heavy atom. The van der Waals surface area contributed by atoms with Crippen molar-refractivity contribution in [1.82, 2.24) is 0 Å². The molecule has 0 spiro atoms. The molecule has 5 heteroatoms. The van der Waals surface area contributed by atoms with E-state index in [1.54, 1.807) is 7.11 Å². The van der Waals surface area contributed by atoms with Gasteiger partial charge in [0.25, 0.3) is 5.91 Å². The maximum absolute atomic E-state index is 12.7. The van der Waals surface area contributed by atoms with Crippen LogP contribution in [0.1, 0.15) is 43.7 Å². The number of anilines is 1. The van der Waals surface area contributed by atoms with Gasteiger partial charge in [-0.25, -0.2) is 0 Å². The van der Waals surface area contributed by atoms with Crippen LogP contribution < -0.4 is 10.1 Å². The average Bonchev–Trinajstić information content (AvgIpc) is 2.76. The topological polar surface area (TPSA) is 38.3 Å². The van der Waals surface area contributed by atoms with Crippen LogP contribution in [0.3, 0.4) is 0 Å². The Morgan fingerprint density at radius 1 is 1.12 bits per heavy atom. The van der Waals surface area contributed by atoms with Gasteiger partial charge in [-0.2, -0.15) is 0 Å². The van der Waals surface area contributed by atoms with Gasteiger partial charge in [-0.05, 0) is 69.7 Å². The molecule has 1 N–H and O–H groups in total. The predicted molar refractivity (Wildman–Crippen MR) is 95.0 cm³/mol. The third-order valence-corrected chi connectivity index (χ3v) is 5.17. The van der Waals surface area contributed by atoms with Crippen LogP contribution in [-0.2, 0) is 37.5 Å². The molecule has 1 aliphatic heterocycles. The molecule has 1 aliphatic rings. The van der Waals surface area contributed by atoms with Crippen molar-refractivity contribution in [3.8, 4) is 5.75 Å². The molecular formula is C19H31N2O2Y+. The van der Waals surface area contributed by atoms with Crippen LogP contribution in [0.15, 0.2) is 12.1 Å². The normalized spacial score (nSPS) is 16.7. The van der Waals surface area contributed by atoms with Gasteiger partial charge in [-0.3, -0.25) is 4.79 Å². The van der Waals surface area contributed by atoms with E-state index in [0.717, 1.165) is 46.7 Å². The van der Waals surface area contributed by atoms with E-state index in [9.17, 15) is 4.79 Å². The summed E-state index contributed by atoms with van der Waals surface area (Å²) in [5.41, 5.74) is 3.03. The molecule has 1 radical (unpaired) electrons. The number of rotatable bonds is 5. The van der Waals surface area contributed by atoms with Gasteiger partial charge in [-0.15, -0.1) is 0 Å². The van der Waals surface area contributed by atoms with Crippen LogP contribution in [0.25, 0.3) is 0 Å². The molecule has 1 heterocycles. The van der Waals surface area contributed by atoms with Crippen molar-refractivity contribution in [2.24, 2.45) is 0 Å². The summed E-state index contributed by atoms with van der Waals surface area (Å²) in [7, 11) is 1.67. The number of aryl methyl sites for hydroxylation is 2. The van der Waals surface area contributed by atoms with E-state index in [1.165, 1.54) is 25.7 Å². The minimum absolute atomic E-state index is 0. The SMILES string of the molecule is CC[N+]1(CC(=O)Nc2c(C)cc(OC)cc2C)CCCCCC1.[Y]. The number of amides is 1. The summed E-state index contributed by atoms with van der Waals surface area (Å²) < 4.78 is 6.22. The van der Waals surface area contributed by atoms with E-state index in [0.29, 0.717) is 6.54 Å². The molecule has 2 rings (SSSR count). The maximum atomic E-state index is 12.7. The quantitative estimate of drug-likeness (QED) is 0.756. The number of carbonyl (C=O) groups is 1. The van der Waals surface area contributed by atoms with Crippen molar-refractivity contribution in [2.45, 2.75) is 46.5 Å². The minimum Gasteiger partial charge on any atom is -0.497 e. The average molecular weight is 408 g/mol. The summed E-state index contributed by atoms with van der Waals surface area (Å²) >= 11 is 0. The van der Waals surface area contributed by atoms with Crippen molar-refractivity contribution in [3.63, 3.8) is 0 Å². The summed E-state index contributed by atoms with van der Waals surface area (Å²) in [6, 6.07) is 3.94. The number of hydrogen-bond acceptors (Lipinski definition) is 2. The number of nitrogens with one attached hydrogen (secondary N) is 1. The van der Waals surface area contributed by atoms with Crippen molar-refractivity contribution in [2.75, 3.05) is 38.6 Å². The molecule has 1 amide bonds. The van der Waals surface area contributed by atoms with E-state index in [1.807, 2.05) is 26.0 Å². The van der Waals surface area contributed by atoms with Crippen LogP contribution in [0.4, 0.5) is 5.69 Å². The maximum Gasteiger partial charge on any atom is 0.279 e. The van der Waals surface area contributed by atoms with Crippen molar-refractivity contribution < 1.29 is 46.7 Å². The molecule has 0 atom stereocenters. The molecule has 0 unspecified atom stereocenters. The molecule has 0 bridgehead atoms. The first-order chi connectivity index (χ1) is 11.0. The smallest absolute Gasteiger partial charge is 0.279 e. The summed E-state index contributed by atoms with van der Waals surface area (Å²) in [6.07, 6.45) is 5.08. The van der Waals surface area contributed by atoms with Crippen LogP contribution in [0.5, 0.6) is 5.75 Å². The molecule has 1 aromatic carbocycles. The van der Waals surface area contributed by atoms with Crippen LogP contribution in [0, 0.1) is 13.8 Å². The van der Waals surface area contributed by atoms with Crippen LogP contribution in [0.2, 0.25) is 0 Å². The standard InChI is InChI=1S/C19H30N2O2.Y/c1-5-21(10-8-6-7-9-11-21)14-18(22)20-19-15(2)12-17(23-4)13-16(19)3;/h12-13H,5-11,14H2,1-4H3;/p+1. The summed E-state index contributed by atoms with van der Waals surface area (Å²) in [6.45, 7) is 10.1. The molecule has 1 fully saturated rings. The van der Waals surface area contributed by atoms with Gasteiger partial charge in [0.1, 0.15) is 5.75 Å². The number of carbonyl (C=O) groups excluding carboxylic acids is 1. The predicted octanol–water partition coefficient (Wildman–Crippen LogP) is 3.66. The van der Waals surface area contributed by atoms with Crippen molar-refractivity contribution in [1.29, 1.82) is 0 Å². The number of methoxy groups -OCH3 is 1. The summed E-state index contributed by atoms with van der Waals surface area (Å²) in [5, 5.41) is 3.15. The Bertz CT molecular complexity index is 529. The fraction of sp³-hybridized carbons (Fsp3) is 0.632. The Kier molecular flexibility index (Phi) is 8.90. The van der Waals surface area contributed by atoms with Gasteiger partial charge in [0.2, 0.25) is 0 Å². The van der Waals surface area contributed by atoms with Gasteiger partial charge >= 0.3 is 0 Å². The van der Waals surface area contributed by atoms with E-state index in [-0.39, 0.29) is 38.6 Å². The second kappa shape index (κ2) is 9.89. The fourth-order valence-corrected chi connectivity index (χ4v) is 3.67. The number of quaternary nitrogens is 1. The van der Waals surface area contributed by atoms with E-state index >= 15 is 0 Å². The van der Waals surface area contributed by atoms with Gasteiger partial charge in [-0.1, -0.05) is 0 Å². The molecular weight excluding hydrogens is 377 g/mol. The molecule has 4 nitrogen and oxygen atoms in total. The van der Waals surface area contributed by atoms with Gasteiger partial charge in [0.05, 0.1) is 26.7 Å². The number of hydrogen-bond donors (Lipinski definition) is 1. The Hall–Kier alpha value is -0.446.